The summed E-state index contributed by atoms with van der Waals surface area (Å²) in [5, 5.41) is 3.78. The highest BCUT2D eigenvalue weighted by Gasteiger charge is 2.19. The van der Waals surface area contributed by atoms with Gasteiger partial charge in [0.25, 0.3) is 11.8 Å². The molecule has 0 radical (unpaired) electrons. The molecule has 6 nitrogen and oxygen atoms in total. The molecule has 0 aromatic carbocycles. The number of furan rings is 1. The summed E-state index contributed by atoms with van der Waals surface area (Å²) in [4.78, 5) is 28.5. The van der Waals surface area contributed by atoms with E-state index in [1.165, 1.54) is 11.1 Å². The molecule has 1 saturated heterocycles. The van der Waals surface area contributed by atoms with E-state index < -0.39 is 5.91 Å². The normalized spacial score (nSPS) is 15.5. The van der Waals surface area contributed by atoms with Crippen LogP contribution in [0.4, 0.5) is 0 Å². The smallest absolute Gasteiger partial charge is 0.287 e. The molecule has 2 amide bonds. The molecule has 1 fully saturated rings. The quantitative estimate of drug-likeness (QED) is 0.913. The molecular weight excluding hydrogens is 304 g/mol. The van der Waals surface area contributed by atoms with Gasteiger partial charge in [-0.15, -0.1) is 0 Å². The largest absolute Gasteiger partial charge is 0.444 e. The number of hydrogen-bond donors (Lipinski definition) is 1. The van der Waals surface area contributed by atoms with Crippen LogP contribution in [0, 0.1) is 0 Å². The number of carbonyl (C=O) groups excluding carboxylic acids is 2. The highest BCUT2D eigenvalue weighted by molar-refractivity contribution is 9.10. The zero-order valence-corrected chi connectivity index (χ0v) is 11.2. The van der Waals surface area contributed by atoms with E-state index in [0.717, 1.165) is 12.8 Å². The Hall–Kier alpha value is -1.34. The van der Waals surface area contributed by atoms with Crippen LogP contribution in [0.15, 0.2) is 21.2 Å². The molecule has 0 atom stereocenters. The first-order valence-corrected chi connectivity index (χ1v) is 6.43. The number of carbonyl (C=O) groups is 2. The molecule has 7 heteroatoms. The molecule has 0 unspecified atom stereocenters. The van der Waals surface area contributed by atoms with Crippen molar-refractivity contribution >= 4 is 27.7 Å². The second-order valence-corrected chi connectivity index (χ2v) is 4.60. The van der Waals surface area contributed by atoms with Gasteiger partial charge in [0.15, 0.2) is 10.4 Å². The van der Waals surface area contributed by atoms with Crippen LogP contribution in [0.3, 0.4) is 0 Å². The summed E-state index contributed by atoms with van der Waals surface area (Å²) in [5.74, 6) is -0.519. The molecule has 18 heavy (non-hydrogen) atoms. The molecule has 0 bridgehead atoms. The average molecular weight is 317 g/mol. The molecule has 2 rings (SSSR count). The van der Waals surface area contributed by atoms with Gasteiger partial charge in [0.05, 0.1) is 13.2 Å². The second-order valence-electron chi connectivity index (χ2n) is 3.82. The number of amides is 2. The molecule has 1 aliphatic rings. The monoisotopic (exact) mass is 316 g/mol. The van der Waals surface area contributed by atoms with Crippen LogP contribution < -0.4 is 5.32 Å². The number of nitrogens with one attached hydrogen (secondary N) is 1. The van der Waals surface area contributed by atoms with Gasteiger partial charge in [0.2, 0.25) is 0 Å². The summed E-state index contributed by atoms with van der Waals surface area (Å²) < 4.78 is 5.54. The van der Waals surface area contributed by atoms with E-state index in [2.05, 4.69) is 21.2 Å². The summed E-state index contributed by atoms with van der Waals surface area (Å²) in [6.45, 7) is 1.02. The third-order valence-electron chi connectivity index (χ3n) is 2.48. The van der Waals surface area contributed by atoms with Gasteiger partial charge in [-0.2, -0.15) is 0 Å². The summed E-state index contributed by atoms with van der Waals surface area (Å²) >= 11 is 3.10. The average Bonchev–Trinajstić information content (AvgIpc) is 2.83. The van der Waals surface area contributed by atoms with Crippen molar-refractivity contribution in [1.82, 2.24) is 10.4 Å². The van der Waals surface area contributed by atoms with Gasteiger partial charge in [0, 0.05) is 6.54 Å². The molecular formula is C11H13BrN2O4. The SMILES string of the molecule is O=C(NCC(=O)N1CCCCO1)c1ccc(Br)o1. The molecule has 0 spiro atoms. The van der Waals surface area contributed by atoms with Gasteiger partial charge < -0.3 is 9.73 Å². The van der Waals surface area contributed by atoms with Crippen molar-refractivity contribution in [3.63, 3.8) is 0 Å². The van der Waals surface area contributed by atoms with Crippen LogP contribution in [-0.2, 0) is 9.63 Å². The number of halogens is 1. The van der Waals surface area contributed by atoms with Crippen molar-refractivity contribution in [1.29, 1.82) is 0 Å². The minimum atomic E-state index is -0.425. The topological polar surface area (TPSA) is 71.8 Å². The Labute approximate surface area is 112 Å². The van der Waals surface area contributed by atoms with E-state index in [0.29, 0.717) is 17.8 Å². The van der Waals surface area contributed by atoms with Gasteiger partial charge in [-0.05, 0) is 40.9 Å². The van der Waals surface area contributed by atoms with Gasteiger partial charge >= 0.3 is 0 Å². The van der Waals surface area contributed by atoms with Crippen molar-refractivity contribution in [2.45, 2.75) is 12.8 Å². The van der Waals surface area contributed by atoms with Crippen LogP contribution in [0.1, 0.15) is 23.4 Å². The van der Waals surface area contributed by atoms with Gasteiger partial charge in [-0.1, -0.05) is 0 Å². The molecule has 1 aromatic rings. The first kappa shape index (κ1) is 13.1. The van der Waals surface area contributed by atoms with Crippen LogP contribution in [0.5, 0.6) is 0 Å². The van der Waals surface area contributed by atoms with Crippen LogP contribution in [0.25, 0.3) is 0 Å². The number of hydrogen-bond acceptors (Lipinski definition) is 4. The summed E-state index contributed by atoms with van der Waals surface area (Å²) in [7, 11) is 0. The predicted molar refractivity (Wildman–Crippen MR) is 65.6 cm³/mol. The lowest BCUT2D eigenvalue weighted by Gasteiger charge is -2.25. The third-order valence-corrected chi connectivity index (χ3v) is 2.90. The maximum Gasteiger partial charge on any atom is 0.287 e. The molecule has 0 saturated carbocycles. The Balaban J connectivity index is 1.80. The first-order valence-electron chi connectivity index (χ1n) is 5.63. The Morgan fingerprint density at radius 2 is 2.22 bits per heavy atom. The minimum absolute atomic E-state index is 0.100. The van der Waals surface area contributed by atoms with E-state index in [4.69, 9.17) is 9.25 Å². The predicted octanol–water partition coefficient (Wildman–Crippen LogP) is 1.33. The van der Waals surface area contributed by atoms with Crippen molar-refractivity contribution in [3.8, 4) is 0 Å². The van der Waals surface area contributed by atoms with Crippen molar-refractivity contribution in [2.75, 3.05) is 19.7 Å². The first-order chi connectivity index (χ1) is 8.66. The van der Waals surface area contributed by atoms with Crippen molar-refractivity contribution < 1.29 is 18.8 Å². The van der Waals surface area contributed by atoms with E-state index >= 15 is 0 Å². The lowest BCUT2D eigenvalue weighted by atomic mass is 10.3. The van der Waals surface area contributed by atoms with Gasteiger partial charge in [-0.3, -0.25) is 14.4 Å². The molecule has 98 valence electrons. The summed E-state index contributed by atoms with van der Waals surface area (Å²) in [5.41, 5.74) is 0. The van der Waals surface area contributed by atoms with Crippen LogP contribution in [-0.4, -0.2) is 36.6 Å². The highest BCUT2D eigenvalue weighted by Crippen LogP contribution is 2.13. The number of rotatable bonds is 3. The zero-order valence-electron chi connectivity index (χ0n) is 9.65. The Morgan fingerprint density at radius 1 is 1.39 bits per heavy atom. The van der Waals surface area contributed by atoms with E-state index in [-0.39, 0.29) is 18.2 Å². The van der Waals surface area contributed by atoms with Gasteiger partial charge in [0.1, 0.15) is 0 Å². The third kappa shape index (κ3) is 3.33. The summed E-state index contributed by atoms with van der Waals surface area (Å²) in [6, 6.07) is 3.14. The standard InChI is InChI=1S/C11H13BrN2O4/c12-9-4-3-8(18-9)11(16)13-7-10(15)14-5-1-2-6-17-14/h3-4H,1-2,5-7H2,(H,13,16). The molecule has 0 aliphatic carbocycles. The van der Waals surface area contributed by atoms with E-state index in [9.17, 15) is 9.59 Å². The fourth-order valence-electron chi connectivity index (χ4n) is 1.56. The van der Waals surface area contributed by atoms with Crippen molar-refractivity contribution in [3.05, 3.63) is 22.6 Å². The van der Waals surface area contributed by atoms with Gasteiger partial charge in [-0.25, -0.2) is 5.06 Å². The zero-order chi connectivity index (χ0) is 13.0. The maximum absolute atomic E-state index is 11.7. The molecule has 1 N–H and O–H groups in total. The fourth-order valence-corrected chi connectivity index (χ4v) is 1.87. The Bertz CT molecular complexity index is 440. The molecule has 1 aromatic heterocycles. The fraction of sp³-hybridized carbons (Fsp3) is 0.455. The second kappa shape index (κ2) is 6.01. The van der Waals surface area contributed by atoms with E-state index in [1.54, 1.807) is 6.07 Å². The molecule has 1 aliphatic heterocycles. The van der Waals surface area contributed by atoms with E-state index in [1.807, 2.05) is 0 Å². The number of nitrogens with zero attached hydrogens (tertiary/aromatic N) is 1. The lowest BCUT2D eigenvalue weighted by molar-refractivity contribution is -0.195. The summed E-state index contributed by atoms with van der Waals surface area (Å²) in [6.07, 6.45) is 1.88. The Kier molecular flexibility index (Phi) is 4.38. The van der Waals surface area contributed by atoms with Crippen molar-refractivity contribution in [2.24, 2.45) is 0 Å². The lowest BCUT2D eigenvalue weighted by Crippen LogP contribution is -2.42. The minimum Gasteiger partial charge on any atom is -0.444 e. The Morgan fingerprint density at radius 3 is 2.83 bits per heavy atom. The van der Waals surface area contributed by atoms with Crippen LogP contribution in [0.2, 0.25) is 0 Å². The van der Waals surface area contributed by atoms with Crippen LogP contribution >= 0.6 is 15.9 Å². The highest BCUT2D eigenvalue weighted by atomic mass is 79.9. The molecule has 2 heterocycles. The maximum atomic E-state index is 11.7. The number of hydroxylamine groups is 2.